The first-order valence-electron chi connectivity index (χ1n) is 15.7. The summed E-state index contributed by atoms with van der Waals surface area (Å²) in [5.41, 5.74) is 2.38. The van der Waals surface area contributed by atoms with Crippen molar-refractivity contribution in [2.75, 3.05) is 49.1 Å². The summed E-state index contributed by atoms with van der Waals surface area (Å²) < 4.78 is 34.2. The van der Waals surface area contributed by atoms with E-state index in [0.717, 1.165) is 50.2 Å². The molecule has 42 heavy (non-hydrogen) atoms. The summed E-state index contributed by atoms with van der Waals surface area (Å²) in [6.45, 7) is 6.74. The van der Waals surface area contributed by atoms with Crippen LogP contribution in [0, 0.1) is 0 Å². The minimum Gasteiger partial charge on any atom is -0.461 e. The van der Waals surface area contributed by atoms with Crippen molar-refractivity contribution >= 4 is 22.3 Å². The van der Waals surface area contributed by atoms with Gasteiger partial charge in [-0.05, 0) is 81.5 Å². The van der Waals surface area contributed by atoms with E-state index in [1.54, 1.807) is 0 Å². The predicted octanol–water partition coefficient (Wildman–Crippen LogP) is 5.36. The third-order valence-electron chi connectivity index (χ3n) is 10.2. The fourth-order valence-corrected chi connectivity index (χ4v) is 7.96. The van der Waals surface area contributed by atoms with Gasteiger partial charge in [0.05, 0.1) is 24.3 Å². The first kappa shape index (κ1) is 27.8. The van der Waals surface area contributed by atoms with E-state index < -0.39 is 12.0 Å². The second kappa shape index (κ2) is 10.9. The first-order chi connectivity index (χ1) is 20.4. The van der Waals surface area contributed by atoms with Gasteiger partial charge in [-0.1, -0.05) is 37.3 Å². The summed E-state index contributed by atoms with van der Waals surface area (Å²) in [7, 11) is 0. The van der Waals surface area contributed by atoms with Gasteiger partial charge >= 0.3 is 6.01 Å². The standard InChI is InChI=1S/C33H41F2N5O2/c1-2-23-8-3-9-24-10-4-11-27(28(23)24)38-19-12-25-26(20-38)36-31(42-22-32-13-5-17-40(32)18-6-14-32)37-29(25)39-16-7-15-33(41,21-39)30(34)35/h3-4,8-11,30,41H,2,5-7,12-22H2,1H3. The quantitative estimate of drug-likeness (QED) is 0.406. The molecule has 3 saturated heterocycles. The lowest BCUT2D eigenvalue weighted by Gasteiger charge is -2.41. The minimum absolute atomic E-state index is 0.0476. The van der Waals surface area contributed by atoms with Crippen molar-refractivity contribution in [1.29, 1.82) is 0 Å². The molecule has 0 amide bonds. The van der Waals surface area contributed by atoms with E-state index in [2.05, 4.69) is 53.1 Å². The zero-order valence-electron chi connectivity index (χ0n) is 24.5. The number of alkyl halides is 2. The Bertz CT molecular complexity index is 1450. The van der Waals surface area contributed by atoms with Gasteiger partial charge in [-0.15, -0.1) is 0 Å². The molecular formula is C33H41F2N5O2. The molecule has 224 valence electrons. The fraction of sp³-hybridized carbons (Fsp3) is 0.576. The third-order valence-corrected chi connectivity index (χ3v) is 10.2. The van der Waals surface area contributed by atoms with Gasteiger partial charge in [-0.25, -0.2) is 8.78 Å². The zero-order chi connectivity index (χ0) is 28.9. The first-order valence-corrected chi connectivity index (χ1v) is 15.7. The lowest BCUT2D eigenvalue weighted by atomic mass is 9.92. The van der Waals surface area contributed by atoms with E-state index in [4.69, 9.17) is 14.7 Å². The topological polar surface area (TPSA) is 65.0 Å². The Morgan fingerprint density at radius 1 is 0.952 bits per heavy atom. The van der Waals surface area contributed by atoms with Crippen LogP contribution in [0.5, 0.6) is 6.01 Å². The van der Waals surface area contributed by atoms with E-state index in [1.165, 1.54) is 34.9 Å². The summed E-state index contributed by atoms with van der Waals surface area (Å²) in [6.07, 6.45) is 4.00. The Balaban J connectivity index is 1.25. The Kier molecular flexibility index (Phi) is 7.21. The number of aromatic nitrogens is 2. The summed E-state index contributed by atoms with van der Waals surface area (Å²) in [5.74, 6) is 0.646. The number of nitrogens with zero attached hydrogens (tertiary/aromatic N) is 5. The van der Waals surface area contributed by atoms with E-state index in [0.29, 0.717) is 44.4 Å². The molecule has 1 aromatic heterocycles. The van der Waals surface area contributed by atoms with Crippen molar-refractivity contribution in [2.45, 2.75) is 82.4 Å². The predicted molar refractivity (Wildman–Crippen MR) is 161 cm³/mol. The number of benzene rings is 2. The Labute approximate surface area is 246 Å². The van der Waals surface area contributed by atoms with Gasteiger partial charge in [0.15, 0.2) is 0 Å². The molecule has 1 N–H and O–H groups in total. The molecule has 0 spiro atoms. The zero-order valence-corrected chi connectivity index (χ0v) is 24.5. The number of β-amino-alcohol motifs (C(OH)–C–C–N with tert-alkyl or cyclic N) is 1. The monoisotopic (exact) mass is 577 g/mol. The molecule has 4 aliphatic rings. The second-order valence-electron chi connectivity index (χ2n) is 12.7. The van der Waals surface area contributed by atoms with Crippen molar-refractivity contribution in [1.82, 2.24) is 14.9 Å². The number of hydrogen-bond donors (Lipinski definition) is 1. The molecule has 9 heteroatoms. The van der Waals surface area contributed by atoms with Crippen molar-refractivity contribution in [2.24, 2.45) is 0 Å². The van der Waals surface area contributed by atoms with Crippen LogP contribution in [0.2, 0.25) is 0 Å². The highest BCUT2D eigenvalue weighted by Gasteiger charge is 2.46. The van der Waals surface area contributed by atoms with Gasteiger partial charge in [0.25, 0.3) is 6.43 Å². The highest BCUT2D eigenvalue weighted by Crippen LogP contribution is 2.40. The van der Waals surface area contributed by atoms with Gasteiger partial charge in [0.1, 0.15) is 18.0 Å². The van der Waals surface area contributed by atoms with E-state index in [9.17, 15) is 13.9 Å². The van der Waals surface area contributed by atoms with Crippen molar-refractivity contribution in [3.05, 3.63) is 53.2 Å². The molecule has 2 aromatic carbocycles. The van der Waals surface area contributed by atoms with Crippen LogP contribution in [-0.4, -0.2) is 76.9 Å². The highest BCUT2D eigenvalue weighted by molar-refractivity contribution is 5.97. The van der Waals surface area contributed by atoms with Crippen molar-refractivity contribution < 1.29 is 18.6 Å². The van der Waals surface area contributed by atoms with E-state index >= 15 is 0 Å². The van der Waals surface area contributed by atoms with E-state index in [1.807, 2.05) is 4.90 Å². The number of piperidine rings is 1. The summed E-state index contributed by atoms with van der Waals surface area (Å²) in [6, 6.07) is 13.3. The van der Waals surface area contributed by atoms with Gasteiger partial charge in [0.2, 0.25) is 0 Å². The van der Waals surface area contributed by atoms with Crippen LogP contribution < -0.4 is 14.5 Å². The van der Waals surface area contributed by atoms with Gasteiger partial charge < -0.3 is 19.6 Å². The summed E-state index contributed by atoms with van der Waals surface area (Å²) in [5, 5.41) is 13.3. The van der Waals surface area contributed by atoms with E-state index in [-0.39, 0.29) is 18.5 Å². The number of aryl methyl sites for hydroxylation is 1. The molecular weight excluding hydrogens is 536 g/mol. The summed E-state index contributed by atoms with van der Waals surface area (Å²) in [4.78, 5) is 16.6. The molecule has 4 aliphatic heterocycles. The van der Waals surface area contributed by atoms with Crippen LogP contribution in [0.4, 0.5) is 20.3 Å². The molecule has 7 rings (SSSR count). The number of aliphatic hydroxyl groups is 1. The van der Waals surface area contributed by atoms with Gasteiger partial charge in [0, 0.05) is 29.7 Å². The molecule has 3 fully saturated rings. The molecule has 0 radical (unpaired) electrons. The Morgan fingerprint density at radius 2 is 1.71 bits per heavy atom. The maximum atomic E-state index is 13.9. The number of fused-ring (bicyclic) bond motifs is 3. The Morgan fingerprint density at radius 3 is 2.48 bits per heavy atom. The molecule has 0 bridgehead atoms. The maximum absolute atomic E-state index is 13.9. The maximum Gasteiger partial charge on any atom is 0.318 e. The van der Waals surface area contributed by atoms with Crippen LogP contribution in [0.25, 0.3) is 10.8 Å². The molecule has 5 heterocycles. The lowest BCUT2D eigenvalue weighted by Crippen LogP contribution is -2.53. The number of ether oxygens (including phenoxy) is 1. The molecule has 1 unspecified atom stereocenters. The second-order valence-corrected chi connectivity index (χ2v) is 12.7. The molecule has 1 atom stereocenters. The van der Waals surface area contributed by atoms with Crippen LogP contribution in [0.15, 0.2) is 36.4 Å². The molecule has 0 aliphatic carbocycles. The fourth-order valence-electron chi connectivity index (χ4n) is 7.96. The number of rotatable bonds is 7. The molecule has 3 aromatic rings. The number of halogens is 2. The Hall–Kier alpha value is -3.04. The smallest absolute Gasteiger partial charge is 0.318 e. The van der Waals surface area contributed by atoms with Crippen molar-refractivity contribution in [3.63, 3.8) is 0 Å². The molecule has 7 nitrogen and oxygen atoms in total. The average Bonchev–Trinajstić information content (AvgIpc) is 3.59. The third kappa shape index (κ3) is 4.78. The highest BCUT2D eigenvalue weighted by atomic mass is 19.3. The van der Waals surface area contributed by atoms with Gasteiger partial charge in [-0.3, -0.25) is 4.90 Å². The van der Waals surface area contributed by atoms with Crippen LogP contribution >= 0.6 is 0 Å². The van der Waals surface area contributed by atoms with Gasteiger partial charge in [-0.2, -0.15) is 9.97 Å². The summed E-state index contributed by atoms with van der Waals surface area (Å²) >= 11 is 0. The number of hydrogen-bond acceptors (Lipinski definition) is 7. The van der Waals surface area contributed by atoms with Crippen LogP contribution in [-0.2, 0) is 19.4 Å². The van der Waals surface area contributed by atoms with Crippen LogP contribution in [0.1, 0.15) is 62.3 Å². The van der Waals surface area contributed by atoms with Crippen LogP contribution in [0.3, 0.4) is 0 Å². The SMILES string of the molecule is CCc1cccc2cccc(N3CCc4c(nc(OCC56CCCN5CCC6)nc4N4CCCC(O)(C(F)F)C4)C3)c12. The largest absolute Gasteiger partial charge is 0.461 e. The average molecular weight is 578 g/mol. The molecule has 0 saturated carbocycles. The number of anilines is 2. The normalized spacial score (nSPS) is 23.9. The van der Waals surface area contributed by atoms with Crippen molar-refractivity contribution in [3.8, 4) is 6.01 Å². The lowest BCUT2D eigenvalue weighted by molar-refractivity contribution is -0.102. The minimum atomic E-state index is -2.81.